The third-order valence-corrected chi connectivity index (χ3v) is 4.96. The van der Waals surface area contributed by atoms with Crippen molar-refractivity contribution in [2.45, 2.75) is 57.8 Å². The highest BCUT2D eigenvalue weighted by molar-refractivity contribution is 6.03. The van der Waals surface area contributed by atoms with E-state index in [1.54, 1.807) is 17.9 Å². The molecule has 0 aromatic heterocycles. The van der Waals surface area contributed by atoms with E-state index in [9.17, 15) is 18.8 Å². The van der Waals surface area contributed by atoms with Crippen molar-refractivity contribution in [2.24, 2.45) is 11.7 Å². The summed E-state index contributed by atoms with van der Waals surface area (Å²) in [5.74, 6) is -1.21. The van der Waals surface area contributed by atoms with Crippen LogP contribution in [0, 0.1) is 5.92 Å². The number of alkyl halides is 1. The summed E-state index contributed by atoms with van der Waals surface area (Å²) in [6, 6.07) is 7.34. The summed E-state index contributed by atoms with van der Waals surface area (Å²) >= 11 is 0. The van der Waals surface area contributed by atoms with Gasteiger partial charge in [-0.3, -0.25) is 9.59 Å². The topological polar surface area (TPSA) is 113 Å². The Hall–Kier alpha value is -2.74. The van der Waals surface area contributed by atoms with Crippen molar-refractivity contribution in [1.82, 2.24) is 5.32 Å². The van der Waals surface area contributed by atoms with Gasteiger partial charge in [0.2, 0.25) is 11.6 Å². The van der Waals surface area contributed by atoms with Crippen molar-refractivity contribution < 1.29 is 23.9 Å². The fourth-order valence-electron chi connectivity index (χ4n) is 2.92. The monoisotopic (exact) mass is 419 g/mol. The number of carboxylic acids is 1. The van der Waals surface area contributed by atoms with E-state index in [-0.39, 0.29) is 17.9 Å². The normalized spacial score (nSPS) is 17.6. The largest absolute Gasteiger partial charge is 0.479 e. The first kappa shape index (κ1) is 23.5. The minimum Gasteiger partial charge on any atom is -0.479 e. The molecule has 3 rings (SSSR count). The van der Waals surface area contributed by atoms with Gasteiger partial charge in [-0.05, 0) is 57.6 Å². The van der Waals surface area contributed by atoms with Gasteiger partial charge in [0.15, 0.2) is 0 Å². The molecule has 0 spiro atoms. The smallest absolute Gasteiger partial charge is 0.340 e. The first-order chi connectivity index (χ1) is 14.0. The Balaban J connectivity index is 0.000000396. The number of carbonyl (C=O) groups excluding carboxylic acids is 2. The zero-order chi connectivity index (χ0) is 22.5. The lowest BCUT2D eigenvalue weighted by molar-refractivity contribution is -0.148. The Bertz CT molecular complexity index is 813. The lowest BCUT2D eigenvalue weighted by Gasteiger charge is -2.18. The molecule has 2 atom stereocenters. The van der Waals surface area contributed by atoms with E-state index in [0.717, 1.165) is 38.8 Å². The van der Waals surface area contributed by atoms with Gasteiger partial charge in [-0.15, -0.1) is 0 Å². The summed E-state index contributed by atoms with van der Waals surface area (Å²) < 4.78 is 11.9. The second-order valence-corrected chi connectivity index (χ2v) is 8.17. The zero-order valence-corrected chi connectivity index (χ0v) is 17.6. The van der Waals surface area contributed by atoms with Crippen molar-refractivity contribution in [3.05, 3.63) is 42.0 Å². The Morgan fingerprint density at radius 1 is 1.30 bits per heavy atom. The first-order valence-electron chi connectivity index (χ1n) is 10.1. The Labute approximate surface area is 176 Å². The number of hydrogen-bond donors (Lipinski definition) is 3. The predicted octanol–water partition coefficient (Wildman–Crippen LogP) is 2.19. The number of halogens is 1. The molecule has 4 N–H and O–H groups in total. The molecule has 0 unspecified atom stereocenters. The number of nitrogens with zero attached hydrogens (tertiary/aromatic N) is 1. The van der Waals surface area contributed by atoms with Crippen LogP contribution in [0.5, 0.6) is 0 Å². The number of nitrogens with two attached hydrogens (primary N) is 1. The Kier molecular flexibility index (Phi) is 7.72. The minimum absolute atomic E-state index is 0.0318. The summed E-state index contributed by atoms with van der Waals surface area (Å²) in [5, 5.41) is 10.8. The van der Waals surface area contributed by atoms with Crippen LogP contribution in [0.2, 0.25) is 0 Å². The number of fused-ring (bicyclic) bond motifs is 1. The number of carbonyl (C=O) groups is 3. The predicted molar refractivity (Wildman–Crippen MR) is 113 cm³/mol. The Morgan fingerprint density at radius 3 is 2.43 bits per heavy atom. The molecule has 1 aromatic carbocycles. The molecule has 30 heavy (non-hydrogen) atoms. The van der Waals surface area contributed by atoms with Crippen LogP contribution in [0.1, 0.15) is 39.2 Å². The molecule has 8 heteroatoms. The molecule has 1 heterocycles. The van der Waals surface area contributed by atoms with E-state index in [4.69, 9.17) is 10.8 Å². The lowest BCUT2D eigenvalue weighted by Crippen LogP contribution is -2.44. The number of aliphatic carboxylic acids is 1. The van der Waals surface area contributed by atoms with Crippen molar-refractivity contribution >= 4 is 23.5 Å². The van der Waals surface area contributed by atoms with Gasteiger partial charge < -0.3 is 21.1 Å². The first-order valence-corrected chi connectivity index (χ1v) is 10.1. The number of nitrogens with one attached hydrogen (secondary N) is 1. The third kappa shape index (κ3) is 6.66. The molecular formula is C22H30FN3O4. The number of amides is 2. The van der Waals surface area contributed by atoms with Gasteiger partial charge in [0.1, 0.15) is 0 Å². The molecule has 1 aliphatic carbocycles. The number of benzene rings is 1. The lowest BCUT2D eigenvalue weighted by atomic mass is 10.1. The SMILES string of the molecule is CC(C)(F)C(=O)O.C[C@H](N)C(=O)N[C@H](/C=C/C(=O)N1CCc2ccccc21)C1CC1. The maximum atomic E-state index is 12.5. The summed E-state index contributed by atoms with van der Waals surface area (Å²) in [6.45, 7) is 4.36. The number of hydrogen-bond acceptors (Lipinski definition) is 4. The van der Waals surface area contributed by atoms with E-state index in [0.29, 0.717) is 12.5 Å². The molecule has 1 aliphatic heterocycles. The van der Waals surface area contributed by atoms with Gasteiger partial charge in [-0.2, -0.15) is 0 Å². The number of anilines is 1. The zero-order valence-electron chi connectivity index (χ0n) is 17.6. The quantitative estimate of drug-likeness (QED) is 0.612. The van der Waals surface area contributed by atoms with Crippen molar-refractivity contribution in [3.8, 4) is 0 Å². The average Bonchev–Trinajstić information content (AvgIpc) is 3.42. The van der Waals surface area contributed by atoms with E-state index < -0.39 is 17.7 Å². The van der Waals surface area contributed by atoms with Crippen LogP contribution in [-0.2, 0) is 20.8 Å². The third-order valence-electron chi connectivity index (χ3n) is 4.96. The highest BCUT2D eigenvalue weighted by Gasteiger charge is 2.31. The molecule has 1 saturated carbocycles. The van der Waals surface area contributed by atoms with Gasteiger partial charge in [-0.1, -0.05) is 24.3 Å². The van der Waals surface area contributed by atoms with Crippen molar-refractivity contribution in [2.75, 3.05) is 11.4 Å². The van der Waals surface area contributed by atoms with E-state index in [1.807, 2.05) is 24.3 Å². The second kappa shape index (κ2) is 9.84. The van der Waals surface area contributed by atoms with Crippen LogP contribution in [0.25, 0.3) is 0 Å². The molecule has 1 fully saturated rings. The summed E-state index contributed by atoms with van der Waals surface area (Å²) in [7, 11) is 0. The highest BCUT2D eigenvalue weighted by atomic mass is 19.1. The van der Waals surface area contributed by atoms with Crippen LogP contribution in [0.3, 0.4) is 0 Å². The molecule has 2 amide bonds. The molecule has 7 nitrogen and oxygen atoms in total. The summed E-state index contributed by atoms with van der Waals surface area (Å²) in [5.41, 5.74) is 5.72. The second-order valence-electron chi connectivity index (χ2n) is 8.17. The molecule has 2 aliphatic rings. The summed E-state index contributed by atoms with van der Waals surface area (Å²) in [4.78, 5) is 35.7. The van der Waals surface area contributed by atoms with E-state index in [1.165, 1.54) is 5.56 Å². The van der Waals surface area contributed by atoms with Crippen molar-refractivity contribution in [1.29, 1.82) is 0 Å². The minimum atomic E-state index is -2.08. The molecule has 0 saturated heterocycles. The van der Waals surface area contributed by atoms with Gasteiger partial charge in [0.05, 0.1) is 12.1 Å². The van der Waals surface area contributed by atoms with Gasteiger partial charge in [0, 0.05) is 18.3 Å². The van der Waals surface area contributed by atoms with Gasteiger partial charge in [0.25, 0.3) is 5.91 Å². The fourth-order valence-corrected chi connectivity index (χ4v) is 2.92. The van der Waals surface area contributed by atoms with Crippen LogP contribution in [0.15, 0.2) is 36.4 Å². The molecule has 1 aromatic rings. The van der Waals surface area contributed by atoms with Crippen molar-refractivity contribution in [3.63, 3.8) is 0 Å². The van der Waals surface area contributed by atoms with Crippen LogP contribution in [-0.4, -0.2) is 47.2 Å². The number of rotatable bonds is 6. The molecule has 164 valence electrons. The molecule has 0 radical (unpaired) electrons. The molecule has 0 bridgehead atoms. The van der Waals surface area contributed by atoms with E-state index >= 15 is 0 Å². The maximum absolute atomic E-state index is 12.5. The number of carboxylic acid groups (broad SMARTS) is 1. The van der Waals surface area contributed by atoms with E-state index in [2.05, 4.69) is 11.4 Å². The average molecular weight is 419 g/mol. The standard InChI is InChI=1S/C18H23N3O2.C4H7FO2/c1-12(19)18(23)20-15(13-6-7-13)8-9-17(22)21-11-10-14-4-2-3-5-16(14)21;1-4(2,5)3(6)7/h2-5,8-9,12-13,15H,6-7,10-11,19H2,1H3,(H,20,23);1-2H3,(H,6,7)/b9-8+;/t12-,15+;/m0./s1. The fraction of sp³-hybridized carbons (Fsp3) is 0.500. The molecular weight excluding hydrogens is 389 g/mol. The Morgan fingerprint density at radius 2 is 1.90 bits per heavy atom. The van der Waals surface area contributed by atoms with Crippen LogP contribution in [0.4, 0.5) is 10.1 Å². The van der Waals surface area contributed by atoms with Crippen LogP contribution >= 0.6 is 0 Å². The summed E-state index contributed by atoms with van der Waals surface area (Å²) in [6.07, 6.45) is 6.46. The van der Waals surface area contributed by atoms with Gasteiger partial charge >= 0.3 is 5.97 Å². The number of para-hydroxylation sites is 1. The van der Waals surface area contributed by atoms with Gasteiger partial charge in [-0.25, -0.2) is 9.18 Å². The maximum Gasteiger partial charge on any atom is 0.340 e. The highest BCUT2D eigenvalue weighted by Crippen LogP contribution is 2.33. The van der Waals surface area contributed by atoms with Crippen LogP contribution < -0.4 is 16.0 Å².